The van der Waals surface area contributed by atoms with Crippen LogP contribution in [0.2, 0.25) is 0 Å². The van der Waals surface area contributed by atoms with Crippen LogP contribution in [0.1, 0.15) is 5.56 Å². The SMILES string of the molecule is N#Cc1cccc(Nc2cnnc(Nc3ccc4c(c3)OCCO4)n2)c1. The number of aromatic nitrogens is 3. The van der Waals surface area contributed by atoms with E-state index < -0.39 is 0 Å². The first-order valence-corrected chi connectivity index (χ1v) is 7.94. The maximum absolute atomic E-state index is 8.98. The molecule has 0 bridgehead atoms. The van der Waals surface area contributed by atoms with E-state index in [9.17, 15) is 0 Å². The number of nitriles is 1. The molecule has 0 spiro atoms. The Labute approximate surface area is 149 Å². The second kappa shape index (κ2) is 6.94. The summed E-state index contributed by atoms with van der Waals surface area (Å²) in [6, 6.07) is 14.7. The van der Waals surface area contributed by atoms with Gasteiger partial charge < -0.3 is 20.1 Å². The molecule has 0 aliphatic carbocycles. The van der Waals surface area contributed by atoms with Crippen LogP contribution >= 0.6 is 0 Å². The average Bonchev–Trinajstić information content (AvgIpc) is 2.68. The highest BCUT2D eigenvalue weighted by atomic mass is 16.6. The summed E-state index contributed by atoms with van der Waals surface area (Å²) in [7, 11) is 0. The Bertz CT molecular complexity index is 985. The van der Waals surface area contributed by atoms with Crippen LogP contribution in [-0.2, 0) is 0 Å². The first-order valence-electron chi connectivity index (χ1n) is 7.94. The van der Waals surface area contributed by atoms with Crippen molar-refractivity contribution in [2.24, 2.45) is 0 Å². The van der Waals surface area contributed by atoms with E-state index in [-0.39, 0.29) is 0 Å². The van der Waals surface area contributed by atoms with E-state index in [1.165, 1.54) is 6.20 Å². The Kier molecular flexibility index (Phi) is 4.18. The van der Waals surface area contributed by atoms with Gasteiger partial charge in [-0.15, -0.1) is 5.10 Å². The molecule has 0 fully saturated rings. The van der Waals surface area contributed by atoms with Crippen molar-refractivity contribution in [2.75, 3.05) is 23.8 Å². The van der Waals surface area contributed by atoms with E-state index in [1.54, 1.807) is 18.2 Å². The maximum atomic E-state index is 8.98. The zero-order valence-electron chi connectivity index (χ0n) is 13.6. The van der Waals surface area contributed by atoms with Gasteiger partial charge in [0.1, 0.15) is 13.2 Å². The Morgan fingerprint density at radius 2 is 1.81 bits per heavy atom. The molecule has 4 rings (SSSR count). The highest BCUT2D eigenvalue weighted by molar-refractivity contribution is 5.62. The monoisotopic (exact) mass is 346 g/mol. The molecule has 1 aliphatic rings. The van der Waals surface area contributed by atoms with Gasteiger partial charge in [0, 0.05) is 17.4 Å². The van der Waals surface area contributed by atoms with Gasteiger partial charge in [0.05, 0.1) is 17.8 Å². The molecule has 26 heavy (non-hydrogen) atoms. The zero-order valence-corrected chi connectivity index (χ0v) is 13.6. The van der Waals surface area contributed by atoms with Crippen LogP contribution in [0.4, 0.5) is 23.1 Å². The predicted octanol–water partition coefficient (Wildman–Crippen LogP) is 3.00. The maximum Gasteiger partial charge on any atom is 0.249 e. The van der Waals surface area contributed by atoms with Crippen molar-refractivity contribution in [3.05, 3.63) is 54.2 Å². The minimum atomic E-state index is 0.336. The first kappa shape index (κ1) is 15.7. The number of fused-ring (bicyclic) bond motifs is 1. The Hall–Kier alpha value is -3.86. The molecule has 128 valence electrons. The van der Waals surface area contributed by atoms with Crippen molar-refractivity contribution in [3.8, 4) is 17.6 Å². The molecule has 2 N–H and O–H groups in total. The minimum absolute atomic E-state index is 0.336. The molecule has 2 heterocycles. The number of hydrogen-bond donors (Lipinski definition) is 2. The third-order valence-corrected chi connectivity index (χ3v) is 3.62. The fourth-order valence-corrected chi connectivity index (χ4v) is 2.48. The molecule has 8 nitrogen and oxygen atoms in total. The van der Waals surface area contributed by atoms with Gasteiger partial charge in [-0.25, -0.2) is 0 Å². The van der Waals surface area contributed by atoms with E-state index >= 15 is 0 Å². The van der Waals surface area contributed by atoms with E-state index in [2.05, 4.69) is 31.9 Å². The zero-order chi connectivity index (χ0) is 17.8. The smallest absolute Gasteiger partial charge is 0.249 e. The highest BCUT2D eigenvalue weighted by Gasteiger charge is 2.12. The van der Waals surface area contributed by atoms with Crippen molar-refractivity contribution >= 4 is 23.1 Å². The Balaban J connectivity index is 1.51. The number of nitrogens with zero attached hydrogens (tertiary/aromatic N) is 4. The van der Waals surface area contributed by atoms with Crippen LogP contribution in [0.15, 0.2) is 48.7 Å². The second-order valence-electron chi connectivity index (χ2n) is 5.47. The summed E-state index contributed by atoms with van der Waals surface area (Å²) in [6.07, 6.45) is 1.51. The largest absolute Gasteiger partial charge is 0.486 e. The van der Waals surface area contributed by atoms with Crippen LogP contribution < -0.4 is 20.1 Å². The Morgan fingerprint density at radius 1 is 0.962 bits per heavy atom. The molecule has 1 aliphatic heterocycles. The van der Waals surface area contributed by atoms with Crippen molar-refractivity contribution in [1.29, 1.82) is 5.26 Å². The minimum Gasteiger partial charge on any atom is -0.486 e. The molecule has 0 saturated carbocycles. The summed E-state index contributed by atoms with van der Waals surface area (Å²) in [5, 5.41) is 23.1. The number of rotatable bonds is 4. The molecule has 0 saturated heterocycles. The lowest BCUT2D eigenvalue weighted by Gasteiger charge is -2.19. The molecule has 2 aromatic carbocycles. The van der Waals surface area contributed by atoms with Gasteiger partial charge in [0.15, 0.2) is 17.3 Å². The van der Waals surface area contributed by atoms with Gasteiger partial charge in [0.2, 0.25) is 5.95 Å². The molecular weight excluding hydrogens is 332 g/mol. The van der Waals surface area contributed by atoms with Crippen LogP contribution in [0.5, 0.6) is 11.5 Å². The van der Waals surface area contributed by atoms with Gasteiger partial charge in [-0.3, -0.25) is 0 Å². The second-order valence-corrected chi connectivity index (χ2v) is 5.47. The summed E-state index contributed by atoms with van der Waals surface area (Å²) in [5.41, 5.74) is 2.07. The standard InChI is InChI=1S/C18H14N6O2/c19-10-12-2-1-3-13(8-12)21-17-11-20-24-18(23-17)22-14-4-5-15-16(9-14)26-7-6-25-15/h1-5,8-9,11H,6-7H2,(H2,21,22,23,24). The van der Waals surface area contributed by atoms with Gasteiger partial charge in [-0.2, -0.15) is 15.3 Å². The van der Waals surface area contributed by atoms with E-state index in [0.717, 1.165) is 11.4 Å². The molecule has 1 aromatic heterocycles. The average molecular weight is 346 g/mol. The topological polar surface area (TPSA) is 105 Å². The van der Waals surface area contributed by atoms with E-state index in [1.807, 2.05) is 24.3 Å². The van der Waals surface area contributed by atoms with Crippen molar-refractivity contribution < 1.29 is 9.47 Å². The summed E-state index contributed by atoms with van der Waals surface area (Å²) < 4.78 is 11.1. The van der Waals surface area contributed by atoms with Crippen molar-refractivity contribution in [1.82, 2.24) is 15.2 Å². The summed E-state index contributed by atoms with van der Waals surface area (Å²) in [5.74, 6) is 2.24. The third kappa shape index (κ3) is 3.47. The van der Waals surface area contributed by atoms with Crippen molar-refractivity contribution in [2.45, 2.75) is 0 Å². The molecular formula is C18H14N6O2. The lowest BCUT2D eigenvalue weighted by Crippen LogP contribution is -2.15. The summed E-state index contributed by atoms with van der Waals surface area (Å²) >= 11 is 0. The number of anilines is 4. The Morgan fingerprint density at radius 3 is 2.69 bits per heavy atom. The van der Waals surface area contributed by atoms with Crippen molar-refractivity contribution in [3.63, 3.8) is 0 Å². The number of nitrogens with one attached hydrogen (secondary N) is 2. The number of ether oxygens (including phenoxy) is 2. The van der Waals surface area contributed by atoms with E-state index in [0.29, 0.717) is 42.0 Å². The lowest BCUT2D eigenvalue weighted by atomic mass is 10.2. The molecule has 3 aromatic rings. The normalized spacial score (nSPS) is 12.1. The number of hydrogen-bond acceptors (Lipinski definition) is 8. The van der Waals surface area contributed by atoms with Gasteiger partial charge in [0.25, 0.3) is 0 Å². The number of benzene rings is 2. The van der Waals surface area contributed by atoms with Crippen LogP contribution in [0, 0.1) is 11.3 Å². The molecule has 8 heteroatoms. The van der Waals surface area contributed by atoms with Gasteiger partial charge in [-0.1, -0.05) is 6.07 Å². The molecule has 0 radical (unpaired) electrons. The molecule has 0 atom stereocenters. The lowest BCUT2D eigenvalue weighted by molar-refractivity contribution is 0.171. The molecule has 0 amide bonds. The quantitative estimate of drug-likeness (QED) is 0.743. The van der Waals surface area contributed by atoms with Crippen LogP contribution in [-0.4, -0.2) is 28.4 Å². The molecule has 0 unspecified atom stereocenters. The highest BCUT2D eigenvalue weighted by Crippen LogP contribution is 2.33. The summed E-state index contributed by atoms with van der Waals surface area (Å²) in [4.78, 5) is 4.38. The van der Waals surface area contributed by atoms with Crippen LogP contribution in [0.3, 0.4) is 0 Å². The van der Waals surface area contributed by atoms with Gasteiger partial charge in [-0.05, 0) is 30.3 Å². The predicted molar refractivity (Wildman–Crippen MR) is 95.0 cm³/mol. The fraction of sp³-hybridized carbons (Fsp3) is 0.111. The van der Waals surface area contributed by atoms with E-state index in [4.69, 9.17) is 14.7 Å². The van der Waals surface area contributed by atoms with Crippen LogP contribution in [0.25, 0.3) is 0 Å². The third-order valence-electron chi connectivity index (χ3n) is 3.62. The van der Waals surface area contributed by atoms with Gasteiger partial charge >= 0.3 is 0 Å². The first-order chi connectivity index (χ1) is 12.8. The summed E-state index contributed by atoms with van der Waals surface area (Å²) in [6.45, 7) is 1.07. The fourth-order valence-electron chi connectivity index (χ4n) is 2.48.